The van der Waals surface area contributed by atoms with E-state index in [0.29, 0.717) is 6.04 Å². The predicted molar refractivity (Wildman–Crippen MR) is 92.3 cm³/mol. The van der Waals surface area contributed by atoms with Gasteiger partial charge in [-0.15, -0.1) is 0 Å². The summed E-state index contributed by atoms with van der Waals surface area (Å²) in [4.78, 5) is 9.54. The Morgan fingerprint density at radius 2 is 1.86 bits per heavy atom. The Kier molecular flexibility index (Phi) is 5.58. The van der Waals surface area contributed by atoms with Crippen LogP contribution >= 0.6 is 0 Å². The number of nitrogens with zero attached hydrogens (tertiary/aromatic N) is 3. The van der Waals surface area contributed by atoms with Gasteiger partial charge < -0.3 is 20.4 Å². The second kappa shape index (κ2) is 7.64. The summed E-state index contributed by atoms with van der Waals surface area (Å²) in [5, 5.41) is 7.19. The second-order valence-corrected chi connectivity index (χ2v) is 7.41. The van der Waals surface area contributed by atoms with Crippen molar-refractivity contribution in [1.82, 2.24) is 20.4 Å². The molecule has 3 aliphatic rings. The third-order valence-corrected chi connectivity index (χ3v) is 5.44. The smallest absolute Gasteiger partial charge is 0.191 e. The van der Waals surface area contributed by atoms with Crippen molar-refractivity contribution in [3.63, 3.8) is 0 Å². The average molecular weight is 307 g/mol. The molecule has 1 unspecified atom stereocenters. The molecule has 3 rings (SSSR count). The number of likely N-dealkylation sites (tertiary alicyclic amines) is 2. The number of guanidine groups is 1. The van der Waals surface area contributed by atoms with Gasteiger partial charge in [0.15, 0.2) is 5.96 Å². The molecule has 0 aromatic carbocycles. The van der Waals surface area contributed by atoms with Crippen LogP contribution in [-0.2, 0) is 0 Å². The van der Waals surface area contributed by atoms with Crippen molar-refractivity contribution in [2.24, 2.45) is 10.9 Å². The number of piperidine rings is 2. The highest BCUT2D eigenvalue weighted by atomic mass is 15.2. The van der Waals surface area contributed by atoms with E-state index in [0.717, 1.165) is 24.5 Å². The van der Waals surface area contributed by atoms with Crippen LogP contribution < -0.4 is 10.6 Å². The van der Waals surface area contributed by atoms with Gasteiger partial charge in [0.1, 0.15) is 0 Å². The van der Waals surface area contributed by atoms with Crippen molar-refractivity contribution in [3.05, 3.63) is 0 Å². The summed E-state index contributed by atoms with van der Waals surface area (Å²) in [7, 11) is 4.12. The predicted octanol–water partition coefficient (Wildman–Crippen LogP) is 1.12. The van der Waals surface area contributed by atoms with Gasteiger partial charge >= 0.3 is 0 Å². The van der Waals surface area contributed by atoms with Crippen molar-refractivity contribution < 1.29 is 0 Å². The van der Waals surface area contributed by atoms with Gasteiger partial charge in [0, 0.05) is 45.3 Å². The van der Waals surface area contributed by atoms with Crippen LogP contribution in [0.3, 0.4) is 0 Å². The molecular weight excluding hydrogens is 274 g/mol. The minimum atomic E-state index is 0.593. The van der Waals surface area contributed by atoms with E-state index in [4.69, 9.17) is 0 Å². The molecule has 0 radical (unpaired) electrons. The normalized spacial score (nSPS) is 29.5. The summed E-state index contributed by atoms with van der Waals surface area (Å²) in [5.41, 5.74) is 0. The summed E-state index contributed by atoms with van der Waals surface area (Å²) < 4.78 is 0. The van der Waals surface area contributed by atoms with Crippen molar-refractivity contribution in [1.29, 1.82) is 0 Å². The number of hydrogen-bond donors (Lipinski definition) is 2. The van der Waals surface area contributed by atoms with Gasteiger partial charge in [-0.25, -0.2) is 0 Å². The minimum absolute atomic E-state index is 0.593. The van der Waals surface area contributed by atoms with Gasteiger partial charge in [-0.2, -0.15) is 0 Å². The quantitative estimate of drug-likeness (QED) is 0.603. The number of nitrogens with one attached hydrogen (secondary N) is 2. The standard InChI is InChI=1S/C17H33N5/c1-18-17(19-12-14-4-3-9-21(2)13-14)20-15-7-10-22(11-8-15)16-5-6-16/h14-16H,3-13H2,1-2H3,(H2,18,19,20). The lowest BCUT2D eigenvalue weighted by atomic mass is 9.98. The SMILES string of the molecule is CN=C(NCC1CCCN(C)C1)NC1CCN(C2CC2)CC1. The Balaban J connectivity index is 1.36. The monoisotopic (exact) mass is 307 g/mol. The molecule has 0 aromatic rings. The zero-order valence-corrected chi connectivity index (χ0v) is 14.4. The van der Waals surface area contributed by atoms with Crippen molar-refractivity contribution in [2.45, 2.75) is 50.6 Å². The zero-order chi connectivity index (χ0) is 15.4. The van der Waals surface area contributed by atoms with Gasteiger partial charge in [0.2, 0.25) is 0 Å². The fourth-order valence-corrected chi connectivity index (χ4v) is 3.92. The summed E-state index contributed by atoms with van der Waals surface area (Å²) in [5.74, 6) is 1.76. The first-order valence-corrected chi connectivity index (χ1v) is 9.14. The van der Waals surface area contributed by atoms with Crippen LogP contribution in [0, 0.1) is 5.92 Å². The van der Waals surface area contributed by atoms with E-state index in [1.54, 1.807) is 0 Å². The van der Waals surface area contributed by atoms with Gasteiger partial charge in [0.25, 0.3) is 0 Å². The summed E-state index contributed by atoms with van der Waals surface area (Å²) in [6.45, 7) is 6.03. The third kappa shape index (κ3) is 4.59. The lowest BCUT2D eigenvalue weighted by Crippen LogP contribution is -2.50. The van der Waals surface area contributed by atoms with Crippen molar-refractivity contribution in [3.8, 4) is 0 Å². The molecule has 126 valence electrons. The molecule has 2 N–H and O–H groups in total. The molecular formula is C17H33N5. The highest BCUT2D eigenvalue weighted by molar-refractivity contribution is 5.79. The highest BCUT2D eigenvalue weighted by Crippen LogP contribution is 2.29. The van der Waals surface area contributed by atoms with Gasteiger partial charge in [-0.1, -0.05) is 0 Å². The summed E-state index contributed by atoms with van der Waals surface area (Å²) >= 11 is 0. The maximum atomic E-state index is 4.42. The molecule has 0 amide bonds. The molecule has 0 bridgehead atoms. The van der Waals surface area contributed by atoms with Crippen LogP contribution in [0.5, 0.6) is 0 Å². The lowest BCUT2D eigenvalue weighted by Gasteiger charge is -2.34. The third-order valence-electron chi connectivity index (χ3n) is 5.44. The molecule has 2 aliphatic heterocycles. The van der Waals surface area contributed by atoms with Gasteiger partial charge in [-0.05, 0) is 58.0 Å². The van der Waals surface area contributed by atoms with Crippen LogP contribution in [-0.4, -0.2) is 74.7 Å². The second-order valence-electron chi connectivity index (χ2n) is 7.41. The Hall–Kier alpha value is -0.810. The van der Waals surface area contributed by atoms with Crippen molar-refractivity contribution in [2.75, 3.05) is 46.8 Å². The van der Waals surface area contributed by atoms with Crippen LogP contribution in [0.25, 0.3) is 0 Å². The molecule has 1 saturated carbocycles. The van der Waals surface area contributed by atoms with E-state index in [-0.39, 0.29) is 0 Å². The first-order valence-electron chi connectivity index (χ1n) is 9.14. The molecule has 0 aromatic heterocycles. The Morgan fingerprint density at radius 3 is 2.50 bits per heavy atom. The van der Waals surface area contributed by atoms with Gasteiger partial charge in [0.05, 0.1) is 0 Å². The summed E-state index contributed by atoms with van der Waals surface area (Å²) in [6.07, 6.45) is 8.03. The fraction of sp³-hybridized carbons (Fsp3) is 0.941. The van der Waals surface area contributed by atoms with Gasteiger partial charge in [-0.3, -0.25) is 4.99 Å². The fourth-order valence-electron chi connectivity index (χ4n) is 3.92. The Bertz CT molecular complexity index is 371. The molecule has 3 fully saturated rings. The largest absolute Gasteiger partial charge is 0.356 e. The molecule has 22 heavy (non-hydrogen) atoms. The Morgan fingerprint density at radius 1 is 1.09 bits per heavy atom. The molecule has 5 nitrogen and oxygen atoms in total. The topological polar surface area (TPSA) is 42.9 Å². The minimum Gasteiger partial charge on any atom is -0.356 e. The van der Waals surface area contributed by atoms with Crippen LogP contribution in [0.4, 0.5) is 0 Å². The first-order chi connectivity index (χ1) is 10.7. The summed E-state index contributed by atoms with van der Waals surface area (Å²) in [6, 6.07) is 1.51. The number of rotatable bonds is 4. The molecule has 2 saturated heterocycles. The maximum Gasteiger partial charge on any atom is 0.191 e. The molecule has 5 heteroatoms. The highest BCUT2D eigenvalue weighted by Gasteiger charge is 2.31. The molecule has 0 spiro atoms. The Labute approximate surface area is 135 Å². The van der Waals surface area contributed by atoms with E-state index in [2.05, 4.69) is 32.5 Å². The van der Waals surface area contributed by atoms with E-state index in [9.17, 15) is 0 Å². The molecule has 1 atom stereocenters. The average Bonchev–Trinajstić information content (AvgIpc) is 3.37. The molecule has 2 heterocycles. The van der Waals surface area contributed by atoms with Crippen LogP contribution in [0.1, 0.15) is 38.5 Å². The lowest BCUT2D eigenvalue weighted by molar-refractivity contribution is 0.196. The van der Waals surface area contributed by atoms with E-state index in [1.165, 1.54) is 64.7 Å². The zero-order valence-electron chi connectivity index (χ0n) is 14.4. The van der Waals surface area contributed by atoms with E-state index < -0.39 is 0 Å². The van der Waals surface area contributed by atoms with E-state index in [1.807, 2.05) is 7.05 Å². The van der Waals surface area contributed by atoms with E-state index >= 15 is 0 Å². The van der Waals surface area contributed by atoms with Crippen molar-refractivity contribution >= 4 is 5.96 Å². The molecule has 1 aliphatic carbocycles. The van der Waals surface area contributed by atoms with Crippen LogP contribution in [0.15, 0.2) is 4.99 Å². The first kappa shape index (κ1) is 16.1. The van der Waals surface area contributed by atoms with Crippen LogP contribution in [0.2, 0.25) is 0 Å². The number of hydrogen-bond acceptors (Lipinski definition) is 3. The maximum absolute atomic E-state index is 4.42. The number of aliphatic imine (C=N–C) groups is 1.